The van der Waals surface area contributed by atoms with Gasteiger partial charge in [-0.2, -0.15) is 0 Å². The van der Waals surface area contributed by atoms with Gasteiger partial charge in [0, 0.05) is 25.7 Å². The molecule has 0 aromatic heterocycles. The highest BCUT2D eigenvalue weighted by molar-refractivity contribution is 7.47. The number of hydrogen-bond donors (Lipinski definition) is 3. The molecule has 3 unspecified atom stereocenters. The molecule has 17 nitrogen and oxygen atoms in total. The van der Waals surface area contributed by atoms with Crippen LogP contribution in [0.2, 0.25) is 0 Å². The molecule has 0 saturated carbocycles. The van der Waals surface area contributed by atoms with Crippen molar-refractivity contribution in [1.29, 1.82) is 0 Å². The molecule has 0 amide bonds. The highest BCUT2D eigenvalue weighted by Crippen LogP contribution is 2.45. The van der Waals surface area contributed by atoms with Crippen LogP contribution < -0.4 is 0 Å². The van der Waals surface area contributed by atoms with Crippen molar-refractivity contribution in [2.24, 2.45) is 23.7 Å². The molecule has 0 radical (unpaired) electrons. The van der Waals surface area contributed by atoms with Crippen molar-refractivity contribution in [3.8, 4) is 0 Å². The molecule has 0 rings (SSSR count). The van der Waals surface area contributed by atoms with Crippen LogP contribution in [-0.2, 0) is 65.4 Å². The Bertz CT molecular complexity index is 1920. The molecule has 5 atom stereocenters. The molecular formula is C79H154O17P2. The molecule has 582 valence electrons. The van der Waals surface area contributed by atoms with Gasteiger partial charge in [0.1, 0.15) is 19.3 Å². The standard InChI is InChI=1S/C79H154O17P2/c1-69(2)55-47-39-31-24-18-13-9-11-15-21-27-35-43-51-59-76(81)89-65-74(95-79(84)62-54-46-37-29-23-17-20-26-33-41-49-57-71(5)6)67-93-97(85,86)91-63-73(80)64-92-98(87,88)94-68-75(66-90-77(82)60-52-44-38-30-34-42-50-58-72(7)8)96-78(83)61-53-45-36-28-22-16-12-10-14-19-25-32-40-48-56-70(3)4/h69-75,80H,9-68H2,1-8H3,(H,85,86)(H,87,88)/t73?,74-,75-/m1/s1. The van der Waals surface area contributed by atoms with E-state index >= 15 is 0 Å². The van der Waals surface area contributed by atoms with Crippen LogP contribution >= 0.6 is 15.6 Å². The lowest BCUT2D eigenvalue weighted by atomic mass is 10.0. The van der Waals surface area contributed by atoms with E-state index in [2.05, 4.69) is 55.4 Å². The minimum atomic E-state index is -4.96. The third kappa shape index (κ3) is 72.4. The molecule has 0 fully saturated rings. The third-order valence-electron chi connectivity index (χ3n) is 18.3. The Balaban J connectivity index is 5.24. The fourth-order valence-corrected chi connectivity index (χ4v) is 13.7. The van der Waals surface area contributed by atoms with Gasteiger partial charge in [0.05, 0.1) is 26.4 Å². The monoisotopic (exact) mass is 1440 g/mol. The average molecular weight is 1440 g/mol. The van der Waals surface area contributed by atoms with Crippen LogP contribution in [0.5, 0.6) is 0 Å². The fraction of sp³-hybridized carbons (Fsp3) is 0.949. The minimum absolute atomic E-state index is 0.106. The largest absolute Gasteiger partial charge is 0.472 e. The van der Waals surface area contributed by atoms with Gasteiger partial charge in [0.25, 0.3) is 0 Å². The number of phosphoric ester groups is 2. The third-order valence-corrected chi connectivity index (χ3v) is 20.2. The molecule has 0 aromatic carbocycles. The summed E-state index contributed by atoms with van der Waals surface area (Å²) in [6, 6.07) is 0. The number of ether oxygens (including phenoxy) is 4. The highest BCUT2D eigenvalue weighted by Gasteiger charge is 2.30. The minimum Gasteiger partial charge on any atom is -0.462 e. The van der Waals surface area contributed by atoms with Gasteiger partial charge < -0.3 is 33.8 Å². The van der Waals surface area contributed by atoms with Gasteiger partial charge in [-0.3, -0.25) is 37.3 Å². The average Bonchev–Trinajstić information content (AvgIpc) is 1.05. The van der Waals surface area contributed by atoms with Crippen molar-refractivity contribution < 1.29 is 80.2 Å². The Labute approximate surface area is 600 Å². The van der Waals surface area contributed by atoms with E-state index in [-0.39, 0.29) is 25.7 Å². The molecule has 0 heterocycles. The van der Waals surface area contributed by atoms with E-state index in [1.165, 1.54) is 199 Å². The number of esters is 4. The van der Waals surface area contributed by atoms with Gasteiger partial charge >= 0.3 is 39.5 Å². The number of rotatable bonds is 76. The number of carbonyl (C=O) groups is 4. The molecule has 0 spiro atoms. The van der Waals surface area contributed by atoms with E-state index in [1.807, 2.05) is 0 Å². The molecule has 0 saturated heterocycles. The van der Waals surface area contributed by atoms with Crippen LogP contribution in [0.3, 0.4) is 0 Å². The van der Waals surface area contributed by atoms with E-state index in [0.29, 0.717) is 31.6 Å². The smallest absolute Gasteiger partial charge is 0.462 e. The summed E-state index contributed by atoms with van der Waals surface area (Å²) in [6.45, 7) is 14.2. The zero-order valence-corrected chi connectivity index (χ0v) is 66.2. The lowest BCUT2D eigenvalue weighted by Crippen LogP contribution is -2.30. The highest BCUT2D eigenvalue weighted by atomic mass is 31.2. The van der Waals surface area contributed by atoms with Crippen LogP contribution in [-0.4, -0.2) is 96.7 Å². The number of hydrogen-bond acceptors (Lipinski definition) is 15. The maximum atomic E-state index is 13.1. The molecular weight excluding hydrogens is 1280 g/mol. The van der Waals surface area contributed by atoms with Crippen molar-refractivity contribution in [3.63, 3.8) is 0 Å². The number of aliphatic hydroxyl groups excluding tert-OH is 1. The predicted octanol–water partition coefficient (Wildman–Crippen LogP) is 23.2. The lowest BCUT2D eigenvalue weighted by molar-refractivity contribution is -0.161. The Morgan fingerprint density at radius 2 is 0.429 bits per heavy atom. The van der Waals surface area contributed by atoms with E-state index < -0.39 is 97.5 Å². The molecule has 19 heteroatoms. The first kappa shape index (κ1) is 96.1. The van der Waals surface area contributed by atoms with Crippen LogP contribution in [0.25, 0.3) is 0 Å². The number of unbranched alkanes of at least 4 members (excludes halogenated alkanes) is 42. The molecule has 0 aromatic rings. The van der Waals surface area contributed by atoms with Crippen molar-refractivity contribution in [3.05, 3.63) is 0 Å². The maximum Gasteiger partial charge on any atom is 0.472 e. The van der Waals surface area contributed by atoms with E-state index in [1.54, 1.807) is 0 Å². The summed E-state index contributed by atoms with van der Waals surface area (Å²) in [5.74, 6) is 0.948. The molecule has 0 aliphatic heterocycles. The van der Waals surface area contributed by atoms with E-state index in [4.69, 9.17) is 37.0 Å². The normalized spacial score (nSPS) is 14.1. The summed E-state index contributed by atoms with van der Waals surface area (Å²) < 4.78 is 68.6. The lowest BCUT2D eigenvalue weighted by Gasteiger charge is -2.21. The van der Waals surface area contributed by atoms with Crippen molar-refractivity contribution in [1.82, 2.24) is 0 Å². The SMILES string of the molecule is CC(C)CCCCCCCCCCCCCCCCC(=O)OC[C@H](COP(=O)(O)OCC(O)COP(=O)(O)OC[C@@H](COC(=O)CCCCCCCCCC(C)C)OC(=O)CCCCCCCCCCCCCCCCC(C)C)OC(=O)CCCCCCCCCCCCCC(C)C. The number of phosphoric acid groups is 2. The second kappa shape index (κ2) is 68.2. The molecule has 0 aliphatic carbocycles. The number of aliphatic hydroxyl groups is 1. The van der Waals surface area contributed by atoms with Crippen molar-refractivity contribution in [2.75, 3.05) is 39.6 Å². The van der Waals surface area contributed by atoms with Gasteiger partial charge in [0.15, 0.2) is 12.2 Å². The van der Waals surface area contributed by atoms with Crippen LogP contribution in [0.15, 0.2) is 0 Å². The molecule has 98 heavy (non-hydrogen) atoms. The van der Waals surface area contributed by atoms with Crippen LogP contribution in [0, 0.1) is 23.7 Å². The van der Waals surface area contributed by atoms with Crippen molar-refractivity contribution in [2.45, 2.75) is 420 Å². The summed E-state index contributed by atoms with van der Waals surface area (Å²) >= 11 is 0. The topological polar surface area (TPSA) is 237 Å². The molecule has 0 aliphatic rings. The summed E-state index contributed by atoms with van der Waals surface area (Å²) in [7, 11) is -9.92. The summed E-state index contributed by atoms with van der Waals surface area (Å²) in [4.78, 5) is 72.9. The van der Waals surface area contributed by atoms with Crippen molar-refractivity contribution >= 4 is 39.5 Å². The van der Waals surface area contributed by atoms with Gasteiger partial charge in [-0.1, -0.05) is 351 Å². The number of carbonyl (C=O) groups excluding carboxylic acids is 4. The Morgan fingerprint density at radius 1 is 0.255 bits per heavy atom. The zero-order chi connectivity index (χ0) is 72.4. The summed E-state index contributed by atoms with van der Waals surface area (Å²) in [6.07, 6.45) is 54.1. The molecule has 0 bridgehead atoms. The Kier molecular flexibility index (Phi) is 66.8. The van der Waals surface area contributed by atoms with Crippen LogP contribution in [0.1, 0.15) is 402 Å². The second-order valence-electron chi connectivity index (χ2n) is 30.4. The van der Waals surface area contributed by atoms with Gasteiger partial charge in [-0.15, -0.1) is 0 Å². The van der Waals surface area contributed by atoms with Gasteiger partial charge in [-0.25, -0.2) is 9.13 Å². The summed E-state index contributed by atoms with van der Waals surface area (Å²) in [5, 5.41) is 10.6. The fourth-order valence-electron chi connectivity index (χ4n) is 12.1. The summed E-state index contributed by atoms with van der Waals surface area (Å²) in [5.41, 5.74) is 0. The Morgan fingerprint density at radius 3 is 0.633 bits per heavy atom. The first-order valence-corrected chi connectivity index (χ1v) is 43.7. The zero-order valence-electron chi connectivity index (χ0n) is 64.4. The van der Waals surface area contributed by atoms with Gasteiger partial charge in [0.2, 0.25) is 0 Å². The predicted molar refractivity (Wildman–Crippen MR) is 400 cm³/mol. The van der Waals surface area contributed by atoms with Gasteiger partial charge in [-0.05, 0) is 49.4 Å². The Hall–Kier alpha value is -1.94. The van der Waals surface area contributed by atoms with E-state index in [9.17, 15) is 43.2 Å². The van der Waals surface area contributed by atoms with Crippen LogP contribution in [0.4, 0.5) is 0 Å². The second-order valence-corrected chi connectivity index (χ2v) is 33.3. The first-order valence-electron chi connectivity index (χ1n) is 40.7. The quantitative estimate of drug-likeness (QED) is 0.0222. The van der Waals surface area contributed by atoms with E-state index in [0.717, 1.165) is 114 Å². The maximum absolute atomic E-state index is 13.1. The molecule has 3 N–H and O–H groups in total. The first-order chi connectivity index (χ1) is 47.1.